The number of nitrogen functional groups attached to an aromatic ring is 1. The van der Waals surface area contributed by atoms with E-state index in [1.807, 2.05) is 6.07 Å². The molecule has 0 spiro atoms. The second kappa shape index (κ2) is 15.4. The maximum absolute atomic E-state index is 14.6. The van der Waals surface area contributed by atoms with Crippen molar-refractivity contribution in [3.63, 3.8) is 0 Å². The number of nitrogens with two attached hydrogens (primary N) is 1. The van der Waals surface area contributed by atoms with E-state index in [2.05, 4.69) is 10.3 Å². The summed E-state index contributed by atoms with van der Waals surface area (Å²) in [6.07, 6.45) is -3.33. The van der Waals surface area contributed by atoms with Crippen LogP contribution in [0, 0.1) is 5.92 Å². The molecule has 1 fully saturated rings. The van der Waals surface area contributed by atoms with Gasteiger partial charge in [0.05, 0.1) is 34.2 Å². The van der Waals surface area contributed by atoms with Gasteiger partial charge in [0.15, 0.2) is 9.84 Å². The number of methoxy groups -OCH3 is 1. The van der Waals surface area contributed by atoms with Crippen LogP contribution in [0.4, 0.5) is 24.7 Å². The van der Waals surface area contributed by atoms with Gasteiger partial charge in [-0.15, -0.1) is 0 Å². The highest BCUT2D eigenvalue weighted by molar-refractivity contribution is 7.92. The number of rotatable bonds is 9. The number of hydrogen-bond donors (Lipinski definition) is 4. The third-order valence-electron chi connectivity index (χ3n) is 8.27. The normalized spacial score (nSPS) is 16.7. The minimum Gasteiger partial charge on any atom is -0.495 e. The van der Waals surface area contributed by atoms with E-state index in [1.165, 1.54) is 18.1 Å². The lowest BCUT2D eigenvalue weighted by atomic mass is 9.93. The second-order valence-corrected chi connectivity index (χ2v) is 14.6. The number of carbonyl (C=O) groups is 3. The summed E-state index contributed by atoms with van der Waals surface area (Å²) >= 11 is 6.31. The van der Waals surface area contributed by atoms with Crippen molar-refractivity contribution in [2.75, 3.05) is 24.7 Å². The summed E-state index contributed by atoms with van der Waals surface area (Å²) in [6.45, 7) is 3.25. The quantitative estimate of drug-likeness (QED) is 0.154. The molecule has 0 unspecified atom stereocenters. The van der Waals surface area contributed by atoms with E-state index in [-0.39, 0.29) is 23.4 Å². The van der Waals surface area contributed by atoms with E-state index in [1.54, 1.807) is 74.6 Å². The fourth-order valence-corrected chi connectivity index (χ4v) is 7.18. The molecule has 3 aromatic carbocycles. The molecule has 0 saturated carbocycles. The first kappa shape index (κ1) is 38.7. The van der Waals surface area contributed by atoms with Gasteiger partial charge in [0, 0.05) is 23.8 Å². The van der Waals surface area contributed by atoms with Crippen LogP contribution in [0.3, 0.4) is 0 Å². The fraction of sp³-hybridized carbons (Fsp3) is 0.294. The van der Waals surface area contributed by atoms with Gasteiger partial charge in [0.1, 0.15) is 17.6 Å². The average Bonchev–Trinajstić information content (AvgIpc) is 3.53. The van der Waals surface area contributed by atoms with E-state index in [4.69, 9.17) is 32.0 Å². The molecule has 1 saturated heterocycles. The first-order valence-electron chi connectivity index (χ1n) is 15.3. The number of nitrogens with one attached hydrogen (secondary N) is 1. The molecule has 4 aromatic rings. The predicted octanol–water partition coefficient (Wildman–Crippen LogP) is 6.12. The second-order valence-electron chi connectivity index (χ2n) is 11.7. The van der Waals surface area contributed by atoms with Crippen LogP contribution >= 0.6 is 11.6 Å². The Morgan fingerprint density at radius 2 is 1.73 bits per heavy atom. The summed E-state index contributed by atoms with van der Waals surface area (Å²) in [7, 11) is -2.33. The van der Waals surface area contributed by atoms with Gasteiger partial charge in [-0.25, -0.2) is 18.2 Å². The van der Waals surface area contributed by atoms with Gasteiger partial charge < -0.3 is 30.9 Å². The maximum Gasteiger partial charge on any atom is 0.490 e. The first-order chi connectivity index (χ1) is 23.9. The number of pyridine rings is 1. The molecule has 17 heteroatoms. The molecule has 1 aliphatic rings. The first-order valence-corrected chi connectivity index (χ1v) is 17.2. The van der Waals surface area contributed by atoms with Crippen LogP contribution in [0.15, 0.2) is 77.8 Å². The summed E-state index contributed by atoms with van der Waals surface area (Å²) in [4.78, 5) is 41.6. The molecular formula is C34H34ClF3N4O8S. The molecular weight excluding hydrogens is 717 g/mol. The smallest absolute Gasteiger partial charge is 0.490 e. The SMILES string of the molecule is COc1cc([C@@H](Nc2ccc3c(N)nccc3c2)C(=O)N2CC[C@H](C(=O)O)[C@@H]2c2ccccc2S(=O)(=O)C(C)C)ccc1Cl.O=C(O)C(F)(F)F. The van der Waals surface area contributed by atoms with Gasteiger partial charge in [-0.05, 0) is 79.2 Å². The average molecular weight is 751 g/mol. The van der Waals surface area contributed by atoms with Gasteiger partial charge in [-0.1, -0.05) is 35.9 Å². The van der Waals surface area contributed by atoms with Crippen molar-refractivity contribution in [3.05, 3.63) is 89.1 Å². The molecule has 272 valence electrons. The monoisotopic (exact) mass is 750 g/mol. The molecule has 2 heterocycles. The molecule has 51 heavy (non-hydrogen) atoms. The zero-order valence-corrected chi connectivity index (χ0v) is 29.0. The summed E-state index contributed by atoms with van der Waals surface area (Å²) in [6, 6.07) is 16.5. The third kappa shape index (κ3) is 8.45. The highest BCUT2D eigenvalue weighted by atomic mass is 35.5. The molecule has 3 atom stereocenters. The number of aliphatic carboxylic acids is 2. The van der Waals surface area contributed by atoms with Crippen molar-refractivity contribution < 1.29 is 50.9 Å². The van der Waals surface area contributed by atoms with Crippen LogP contribution in [-0.4, -0.2) is 71.4 Å². The lowest BCUT2D eigenvalue weighted by molar-refractivity contribution is -0.192. The molecule has 0 radical (unpaired) electrons. The highest BCUT2D eigenvalue weighted by Gasteiger charge is 2.46. The van der Waals surface area contributed by atoms with Gasteiger partial charge in [-0.2, -0.15) is 13.2 Å². The summed E-state index contributed by atoms with van der Waals surface area (Å²) < 4.78 is 63.9. The molecule has 0 aliphatic carbocycles. The Kier molecular flexibility index (Phi) is 11.7. The van der Waals surface area contributed by atoms with E-state index in [0.717, 1.165) is 10.8 Å². The number of anilines is 2. The number of amides is 1. The lowest BCUT2D eigenvalue weighted by Crippen LogP contribution is -2.40. The van der Waals surface area contributed by atoms with Gasteiger partial charge in [0.25, 0.3) is 0 Å². The summed E-state index contributed by atoms with van der Waals surface area (Å²) in [5, 5.41) is 21.8. The number of carbonyl (C=O) groups excluding carboxylic acids is 1. The molecule has 12 nitrogen and oxygen atoms in total. The Hall–Kier alpha value is -5.09. The van der Waals surface area contributed by atoms with Crippen molar-refractivity contribution in [1.29, 1.82) is 0 Å². The van der Waals surface area contributed by atoms with Crippen molar-refractivity contribution >= 4 is 61.6 Å². The molecule has 5 N–H and O–H groups in total. The Balaban J connectivity index is 0.000000755. The van der Waals surface area contributed by atoms with Gasteiger partial charge >= 0.3 is 18.1 Å². The number of sulfone groups is 1. The van der Waals surface area contributed by atoms with Crippen LogP contribution in [0.2, 0.25) is 5.02 Å². The predicted molar refractivity (Wildman–Crippen MR) is 183 cm³/mol. The number of carboxylic acids is 2. The zero-order valence-electron chi connectivity index (χ0n) is 27.4. The number of halogens is 4. The number of nitrogens with zero attached hydrogens (tertiary/aromatic N) is 2. The van der Waals surface area contributed by atoms with Crippen LogP contribution < -0.4 is 15.8 Å². The van der Waals surface area contributed by atoms with Crippen LogP contribution in [-0.2, 0) is 24.2 Å². The van der Waals surface area contributed by atoms with E-state index in [9.17, 15) is 36.3 Å². The van der Waals surface area contributed by atoms with E-state index >= 15 is 0 Å². The molecule has 1 amide bonds. The van der Waals surface area contributed by atoms with Crippen molar-refractivity contribution in [3.8, 4) is 5.75 Å². The number of ether oxygens (including phenoxy) is 1. The highest BCUT2D eigenvalue weighted by Crippen LogP contribution is 2.43. The summed E-state index contributed by atoms with van der Waals surface area (Å²) in [5.74, 6) is -4.59. The standard InChI is InChI=1S/C32H33ClN4O6S.C2HF3O2/c1-18(2)44(41,42)27-7-5-4-6-23(27)29-24(32(39)40)13-15-37(29)31(38)28(20-8-11-25(33)26(17-20)43-3)36-21-9-10-22-19(16-21)12-14-35-30(22)34;3-2(4,5)1(6)7/h4-12,14,16-18,24,28-29,36H,13,15H2,1-3H3,(H2,34,35)(H,39,40);(H,6,7)/t24-,28+,29-;/m0./s1. The largest absolute Gasteiger partial charge is 0.495 e. The maximum atomic E-state index is 14.6. The number of fused-ring (bicyclic) bond motifs is 1. The van der Waals surface area contributed by atoms with E-state index in [0.29, 0.717) is 27.8 Å². The molecule has 1 aromatic heterocycles. The van der Waals surface area contributed by atoms with Crippen LogP contribution in [0.25, 0.3) is 10.8 Å². The Labute approximate surface area is 295 Å². The Bertz CT molecular complexity index is 2060. The zero-order chi connectivity index (χ0) is 37.8. The number of likely N-dealkylation sites (tertiary alicyclic amines) is 1. The summed E-state index contributed by atoms with van der Waals surface area (Å²) in [5.41, 5.74) is 7.43. The van der Waals surface area contributed by atoms with Crippen molar-refractivity contribution in [1.82, 2.24) is 9.88 Å². The third-order valence-corrected chi connectivity index (χ3v) is 10.8. The number of hydrogen-bond acceptors (Lipinski definition) is 9. The number of alkyl halides is 3. The topological polar surface area (TPSA) is 189 Å². The minimum absolute atomic E-state index is 0.0179. The van der Waals surface area contributed by atoms with Crippen molar-refractivity contribution in [2.24, 2.45) is 5.92 Å². The minimum atomic E-state index is -5.08. The van der Waals surface area contributed by atoms with E-state index < -0.39 is 57.1 Å². The molecule has 1 aliphatic heterocycles. The van der Waals surface area contributed by atoms with Crippen molar-refractivity contribution in [2.45, 2.75) is 48.7 Å². The van der Waals surface area contributed by atoms with Gasteiger partial charge in [0.2, 0.25) is 5.91 Å². The van der Waals surface area contributed by atoms with Crippen LogP contribution in [0.5, 0.6) is 5.75 Å². The number of aromatic nitrogens is 1. The fourth-order valence-electron chi connectivity index (χ4n) is 5.69. The number of benzene rings is 3. The van der Waals surface area contributed by atoms with Gasteiger partial charge in [-0.3, -0.25) is 9.59 Å². The molecule has 0 bridgehead atoms. The Morgan fingerprint density at radius 1 is 1.06 bits per heavy atom. The number of carboxylic acid groups (broad SMARTS) is 2. The molecule has 5 rings (SSSR count). The Morgan fingerprint density at radius 3 is 2.33 bits per heavy atom. The van der Waals surface area contributed by atoms with Crippen LogP contribution in [0.1, 0.15) is 43.5 Å². The lowest BCUT2D eigenvalue weighted by Gasteiger charge is -2.33.